The fourth-order valence-electron chi connectivity index (χ4n) is 3.31. The van der Waals surface area contributed by atoms with Crippen LogP contribution in [0.5, 0.6) is 0 Å². The third kappa shape index (κ3) is 1.82. The Morgan fingerprint density at radius 2 is 1.81 bits per heavy atom. The first-order chi connectivity index (χ1) is 10.1. The standard InChI is InChI=1S/C19H19NO/c1-12(2)13-4-3-5-14(10-13)15-6-7-16-17(11-15)20-18(21)19(16)8-9-19/h3-7,10-12H,8-9H2,1-2H3,(H,20,21). The average molecular weight is 277 g/mol. The van der Waals surface area contributed by atoms with Gasteiger partial charge in [-0.3, -0.25) is 4.79 Å². The first-order valence-corrected chi connectivity index (χ1v) is 7.66. The second kappa shape index (κ2) is 4.20. The van der Waals surface area contributed by atoms with E-state index in [-0.39, 0.29) is 11.3 Å². The van der Waals surface area contributed by atoms with Crippen molar-refractivity contribution in [1.29, 1.82) is 0 Å². The Balaban J connectivity index is 1.77. The summed E-state index contributed by atoms with van der Waals surface area (Å²) in [7, 11) is 0. The average Bonchev–Trinajstić information content (AvgIpc) is 3.23. The summed E-state index contributed by atoms with van der Waals surface area (Å²) in [5, 5.41) is 3.06. The van der Waals surface area contributed by atoms with Crippen LogP contribution in [0, 0.1) is 0 Å². The third-order valence-corrected chi connectivity index (χ3v) is 4.85. The number of amides is 1. The van der Waals surface area contributed by atoms with E-state index in [2.05, 4.69) is 61.6 Å². The van der Waals surface area contributed by atoms with Gasteiger partial charge in [-0.25, -0.2) is 0 Å². The lowest BCUT2D eigenvalue weighted by Gasteiger charge is -2.10. The van der Waals surface area contributed by atoms with Crippen molar-refractivity contribution in [3.63, 3.8) is 0 Å². The van der Waals surface area contributed by atoms with Gasteiger partial charge >= 0.3 is 0 Å². The van der Waals surface area contributed by atoms with Crippen LogP contribution < -0.4 is 5.32 Å². The first kappa shape index (κ1) is 12.6. The van der Waals surface area contributed by atoms with Gasteiger partial charge < -0.3 is 5.32 Å². The molecule has 0 atom stereocenters. The zero-order chi connectivity index (χ0) is 14.6. The fraction of sp³-hybridized carbons (Fsp3) is 0.316. The number of hydrogen-bond acceptors (Lipinski definition) is 1. The third-order valence-electron chi connectivity index (χ3n) is 4.85. The smallest absolute Gasteiger partial charge is 0.235 e. The van der Waals surface area contributed by atoms with Crippen molar-refractivity contribution in [2.45, 2.75) is 38.0 Å². The van der Waals surface area contributed by atoms with E-state index in [1.54, 1.807) is 0 Å². The van der Waals surface area contributed by atoms with Gasteiger partial charge in [-0.15, -0.1) is 0 Å². The zero-order valence-electron chi connectivity index (χ0n) is 12.4. The van der Waals surface area contributed by atoms with E-state index < -0.39 is 0 Å². The molecule has 1 spiro atoms. The molecule has 21 heavy (non-hydrogen) atoms. The Hall–Kier alpha value is -2.09. The van der Waals surface area contributed by atoms with E-state index in [0.717, 1.165) is 18.5 Å². The maximum absolute atomic E-state index is 12.1. The number of benzene rings is 2. The van der Waals surface area contributed by atoms with Crippen LogP contribution in [0.3, 0.4) is 0 Å². The molecule has 0 radical (unpaired) electrons. The summed E-state index contributed by atoms with van der Waals surface area (Å²) in [5.74, 6) is 0.708. The summed E-state index contributed by atoms with van der Waals surface area (Å²) >= 11 is 0. The quantitative estimate of drug-likeness (QED) is 0.862. The largest absolute Gasteiger partial charge is 0.325 e. The van der Waals surface area contributed by atoms with Crippen molar-refractivity contribution in [3.8, 4) is 11.1 Å². The van der Waals surface area contributed by atoms with E-state index in [1.807, 2.05) is 0 Å². The van der Waals surface area contributed by atoms with Gasteiger partial charge in [0.05, 0.1) is 5.41 Å². The minimum Gasteiger partial charge on any atom is -0.325 e. The molecule has 0 unspecified atom stereocenters. The SMILES string of the molecule is CC(C)c1cccc(-c2ccc3c(c2)NC(=O)C32CC2)c1. The topological polar surface area (TPSA) is 29.1 Å². The second-order valence-electron chi connectivity index (χ2n) is 6.58. The molecule has 4 rings (SSSR count). The van der Waals surface area contributed by atoms with E-state index >= 15 is 0 Å². The molecule has 1 N–H and O–H groups in total. The Morgan fingerprint density at radius 3 is 2.52 bits per heavy atom. The van der Waals surface area contributed by atoms with Crippen LogP contribution in [0.15, 0.2) is 42.5 Å². The molecule has 2 aliphatic rings. The predicted molar refractivity (Wildman–Crippen MR) is 85.5 cm³/mol. The molecule has 1 saturated carbocycles. The first-order valence-electron chi connectivity index (χ1n) is 7.66. The molecule has 0 bridgehead atoms. The lowest BCUT2D eigenvalue weighted by atomic mass is 9.93. The van der Waals surface area contributed by atoms with Crippen molar-refractivity contribution < 1.29 is 4.79 Å². The van der Waals surface area contributed by atoms with Crippen LogP contribution in [-0.4, -0.2) is 5.91 Å². The number of fused-ring (bicyclic) bond motifs is 2. The molecule has 0 aromatic heterocycles. The van der Waals surface area contributed by atoms with Gasteiger partial charge in [0.1, 0.15) is 0 Å². The maximum atomic E-state index is 12.1. The molecular formula is C19H19NO. The van der Waals surface area contributed by atoms with Crippen molar-refractivity contribution in [1.82, 2.24) is 0 Å². The van der Waals surface area contributed by atoms with Gasteiger partial charge in [0.25, 0.3) is 0 Å². The van der Waals surface area contributed by atoms with E-state index in [4.69, 9.17) is 0 Å². The fourth-order valence-corrected chi connectivity index (χ4v) is 3.31. The summed E-state index contributed by atoms with van der Waals surface area (Å²) in [6, 6.07) is 15.1. The maximum Gasteiger partial charge on any atom is 0.235 e. The normalized spacial score (nSPS) is 18.0. The van der Waals surface area contributed by atoms with E-state index in [1.165, 1.54) is 22.3 Å². The number of hydrogen-bond donors (Lipinski definition) is 1. The summed E-state index contributed by atoms with van der Waals surface area (Å²) in [4.78, 5) is 12.1. The molecule has 2 aromatic rings. The summed E-state index contributed by atoms with van der Waals surface area (Å²) in [6.45, 7) is 4.41. The molecule has 1 heterocycles. The monoisotopic (exact) mass is 277 g/mol. The number of nitrogens with one attached hydrogen (secondary N) is 1. The molecular weight excluding hydrogens is 258 g/mol. The van der Waals surface area contributed by atoms with Crippen LogP contribution in [0.1, 0.15) is 43.7 Å². The van der Waals surface area contributed by atoms with Crippen LogP contribution in [-0.2, 0) is 10.2 Å². The minimum atomic E-state index is -0.187. The molecule has 2 nitrogen and oxygen atoms in total. The number of anilines is 1. The zero-order valence-corrected chi connectivity index (χ0v) is 12.4. The molecule has 1 fully saturated rings. The lowest BCUT2D eigenvalue weighted by Crippen LogP contribution is -2.18. The van der Waals surface area contributed by atoms with Gasteiger partial charge in [0, 0.05) is 5.69 Å². The summed E-state index contributed by atoms with van der Waals surface area (Å²) in [5.41, 5.74) is 5.74. The highest BCUT2D eigenvalue weighted by molar-refractivity contribution is 6.08. The van der Waals surface area contributed by atoms with Crippen LogP contribution >= 0.6 is 0 Å². The highest BCUT2D eigenvalue weighted by Gasteiger charge is 2.56. The Kier molecular flexibility index (Phi) is 2.53. The molecule has 2 aromatic carbocycles. The summed E-state index contributed by atoms with van der Waals surface area (Å²) < 4.78 is 0. The molecule has 2 heteroatoms. The molecule has 0 saturated heterocycles. The van der Waals surface area contributed by atoms with Crippen molar-refractivity contribution in [2.24, 2.45) is 0 Å². The van der Waals surface area contributed by atoms with Gasteiger partial charge in [-0.1, -0.05) is 50.2 Å². The van der Waals surface area contributed by atoms with Crippen LogP contribution in [0.2, 0.25) is 0 Å². The molecule has 1 amide bonds. The van der Waals surface area contributed by atoms with Crippen LogP contribution in [0.4, 0.5) is 5.69 Å². The molecule has 1 aliphatic carbocycles. The number of rotatable bonds is 2. The van der Waals surface area contributed by atoms with Gasteiger partial charge in [-0.2, -0.15) is 0 Å². The minimum absolute atomic E-state index is 0.186. The predicted octanol–water partition coefficient (Wildman–Crippen LogP) is 4.46. The Bertz CT molecular complexity index is 741. The van der Waals surface area contributed by atoms with E-state index in [0.29, 0.717) is 5.92 Å². The van der Waals surface area contributed by atoms with Crippen molar-refractivity contribution >= 4 is 11.6 Å². The summed E-state index contributed by atoms with van der Waals surface area (Å²) in [6.07, 6.45) is 1.99. The molecule has 106 valence electrons. The van der Waals surface area contributed by atoms with Gasteiger partial charge in [0.2, 0.25) is 5.91 Å². The van der Waals surface area contributed by atoms with Crippen LogP contribution in [0.25, 0.3) is 11.1 Å². The highest BCUT2D eigenvalue weighted by atomic mass is 16.2. The Labute approximate surface area is 125 Å². The van der Waals surface area contributed by atoms with Crippen molar-refractivity contribution in [2.75, 3.05) is 5.32 Å². The highest BCUT2D eigenvalue weighted by Crippen LogP contribution is 2.55. The van der Waals surface area contributed by atoms with Gasteiger partial charge in [0.15, 0.2) is 0 Å². The van der Waals surface area contributed by atoms with Gasteiger partial charge in [-0.05, 0) is 47.1 Å². The number of carbonyl (C=O) groups is 1. The number of carbonyl (C=O) groups excluding carboxylic acids is 1. The van der Waals surface area contributed by atoms with E-state index in [9.17, 15) is 4.79 Å². The lowest BCUT2D eigenvalue weighted by molar-refractivity contribution is -0.117. The van der Waals surface area contributed by atoms with Crippen molar-refractivity contribution in [3.05, 3.63) is 53.6 Å². The second-order valence-corrected chi connectivity index (χ2v) is 6.58. The Morgan fingerprint density at radius 1 is 1.05 bits per heavy atom. The molecule has 1 aliphatic heterocycles.